The van der Waals surface area contributed by atoms with Crippen molar-refractivity contribution in [2.24, 2.45) is 5.92 Å². The second kappa shape index (κ2) is 6.42. The summed E-state index contributed by atoms with van der Waals surface area (Å²) in [7, 11) is 0. The molecule has 2 aliphatic rings. The van der Waals surface area contributed by atoms with E-state index in [0.717, 1.165) is 12.1 Å². The summed E-state index contributed by atoms with van der Waals surface area (Å²) in [6, 6.07) is 0.902. The average Bonchev–Trinajstić information content (AvgIpc) is 2.94. The lowest BCUT2D eigenvalue weighted by Gasteiger charge is -2.36. The summed E-state index contributed by atoms with van der Waals surface area (Å²) in [5.41, 5.74) is -0.141. The molecule has 2 fully saturated rings. The molecular weight excluding hydrogens is 332 g/mol. The van der Waals surface area contributed by atoms with E-state index in [0.29, 0.717) is 6.07 Å². The van der Waals surface area contributed by atoms with E-state index in [-0.39, 0.29) is 36.3 Å². The van der Waals surface area contributed by atoms with Crippen LogP contribution in [-0.2, 0) is 9.59 Å². The van der Waals surface area contributed by atoms with Crippen LogP contribution in [0.1, 0.15) is 30.6 Å². The summed E-state index contributed by atoms with van der Waals surface area (Å²) >= 11 is 0. The van der Waals surface area contributed by atoms with Crippen LogP contribution in [0, 0.1) is 17.6 Å². The van der Waals surface area contributed by atoms with Crippen LogP contribution in [0.15, 0.2) is 18.2 Å². The number of amides is 3. The number of hydrogen-bond donors (Lipinski definition) is 2. The van der Waals surface area contributed by atoms with Gasteiger partial charge in [0.2, 0.25) is 11.8 Å². The van der Waals surface area contributed by atoms with Crippen molar-refractivity contribution in [3.63, 3.8) is 0 Å². The Hall–Kier alpha value is -2.51. The molecule has 1 aromatic carbocycles. The van der Waals surface area contributed by atoms with Crippen LogP contribution in [0.2, 0.25) is 0 Å². The summed E-state index contributed by atoms with van der Waals surface area (Å²) in [5.74, 6) is -2.79. The molecule has 0 bridgehead atoms. The molecule has 0 aliphatic carbocycles. The quantitative estimate of drug-likeness (QED) is 0.846. The number of fused-ring (bicyclic) bond motifs is 1. The van der Waals surface area contributed by atoms with Crippen LogP contribution in [0.4, 0.5) is 8.78 Å². The Bertz CT molecular complexity index is 718. The van der Waals surface area contributed by atoms with Crippen molar-refractivity contribution in [2.75, 3.05) is 6.54 Å². The van der Waals surface area contributed by atoms with Gasteiger partial charge in [0.1, 0.15) is 23.7 Å². The van der Waals surface area contributed by atoms with Gasteiger partial charge in [-0.2, -0.15) is 0 Å². The van der Waals surface area contributed by atoms with Crippen molar-refractivity contribution in [2.45, 2.75) is 38.4 Å². The highest BCUT2D eigenvalue weighted by molar-refractivity contribution is 5.98. The highest BCUT2D eigenvalue weighted by Gasteiger charge is 2.47. The molecule has 2 heterocycles. The Kier molecular flexibility index (Phi) is 4.45. The first kappa shape index (κ1) is 17.3. The first-order valence-corrected chi connectivity index (χ1v) is 8.14. The normalized spacial score (nSPS) is 25.8. The molecule has 0 saturated carbocycles. The molecule has 0 aromatic heterocycles. The zero-order valence-corrected chi connectivity index (χ0v) is 13.9. The van der Waals surface area contributed by atoms with Crippen molar-refractivity contribution < 1.29 is 23.2 Å². The van der Waals surface area contributed by atoms with Crippen LogP contribution in [0.3, 0.4) is 0 Å². The number of benzene rings is 1. The van der Waals surface area contributed by atoms with Crippen LogP contribution >= 0.6 is 0 Å². The maximum Gasteiger partial charge on any atom is 0.251 e. The highest BCUT2D eigenvalue weighted by atomic mass is 19.1. The van der Waals surface area contributed by atoms with E-state index in [1.54, 1.807) is 0 Å². The van der Waals surface area contributed by atoms with E-state index in [4.69, 9.17) is 0 Å². The molecule has 2 aliphatic heterocycles. The summed E-state index contributed by atoms with van der Waals surface area (Å²) in [4.78, 5) is 38.4. The molecule has 25 heavy (non-hydrogen) atoms. The fourth-order valence-corrected chi connectivity index (χ4v) is 3.33. The van der Waals surface area contributed by atoms with Gasteiger partial charge in [0.25, 0.3) is 5.91 Å². The zero-order valence-electron chi connectivity index (χ0n) is 13.9. The number of nitrogens with zero attached hydrogens (tertiary/aromatic N) is 1. The Morgan fingerprint density at radius 3 is 2.48 bits per heavy atom. The molecule has 3 amide bonds. The Balaban J connectivity index is 1.71. The van der Waals surface area contributed by atoms with Crippen LogP contribution < -0.4 is 10.6 Å². The lowest BCUT2D eigenvalue weighted by Crippen LogP contribution is -2.62. The maximum absolute atomic E-state index is 13.2. The average molecular weight is 351 g/mol. The first-order chi connectivity index (χ1) is 11.8. The minimum absolute atomic E-state index is 0.0405. The van der Waals surface area contributed by atoms with Crippen molar-refractivity contribution in [3.05, 3.63) is 35.4 Å². The minimum Gasteiger partial charge on any atom is -0.347 e. The predicted octanol–water partition coefficient (Wildman–Crippen LogP) is 0.818. The minimum atomic E-state index is -0.844. The zero-order chi connectivity index (χ0) is 18.3. The molecular formula is C17H19F2N3O3. The van der Waals surface area contributed by atoms with Gasteiger partial charge in [0, 0.05) is 24.2 Å². The van der Waals surface area contributed by atoms with Crippen molar-refractivity contribution in [3.8, 4) is 0 Å². The number of carbonyl (C=O) groups excluding carboxylic acids is 3. The van der Waals surface area contributed by atoms with E-state index in [1.165, 1.54) is 4.90 Å². The topological polar surface area (TPSA) is 78.5 Å². The van der Waals surface area contributed by atoms with E-state index in [1.807, 2.05) is 13.8 Å². The Morgan fingerprint density at radius 2 is 1.88 bits per heavy atom. The summed E-state index contributed by atoms with van der Waals surface area (Å²) in [6.07, 6.45) is 0.270. The van der Waals surface area contributed by atoms with Gasteiger partial charge in [0.05, 0.1) is 0 Å². The van der Waals surface area contributed by atoms with Crippen LogP contribution in [-0.4, -0.2) is 47.3 Å². The number of piperazine rings is 1. The van der Waals surface area contributed by atoms with E-state index < -0.39 is 35.7 Å². The molecule has 134 valence electrons. The van der Waals surface area contributed by atoms with E-state index in [9.17, 15) is 23.2 Å². The standard InChI is InChI=1S/C17H19F2N3O3/c1-8(2)14-17(25)22-7-12(6-13(22)16(24)21-14)20-15(23)9-3-10(18)5-11(19)4-9/h3-5,8,12-14H,6-7H2,1-2H3,(H,20,23)(H,21,24)/t12-,13-,14+/m0/s1. The Morgan fingerprint density at radius 1 is 1.24 bits per heavy atom. The third-order valence-electron chi connectivity index (χ3n) is 4.58. The second-order valence-corrected chi connectivity index (χ2v) is 6.80. The van der Waals surface area contributed by atoms with Gasteiger partial charge in [-0.3, -0.25) is 14.4 Å². The summed E-state index contributed by atoms with van der Waals surface area (Å²) in [5, 5.41) is 5.36. The predicted molar refractivity (Wildman–Crippen MR) is 84.5 cm³/mol. The van der Waals surface area contributed by atoms with Crippen LogP contribution in [0.25, 0.3) is 0 Å². The fourth-order valence-electron chi connectivity index (χ4n) is 3.33. The lowest BCUT2D eigenvalue weighted by atomic mass is 9.98. The van der Waals surface area contributed by atoms with Crippen molar-refractivity contribution in [1.82, 2.24) is 15.5 Å². The molecule has 0 spiro atoms. The third kappa shape index (κ3) is 3.33. The van der Waals surface area contributed by atoms with Crippen LogP contribution in [0.5, 0.6) is 0 Å². The number of nitrogens with one attached hydrogen (secondary N) is 2. The fraction of sp³-hybridized carbons (Fsp3) is 0.471. The molecule has 2 saturated heterocycles. The monoisotopic (exact) mass is 351 g/mol. The van der Waals surface area contributed by atoms with E-state index in [2.05, 4.69) is 10.6 Å². The second-order valence-electron chi connectivity index (χ2n) is 6.80. The number of hydrogen-bond acceptors (Lipinski definition) is 3. The molecule has 2 N–H and O–H groups in total. The van der Waals surface area contributed by atoms with Gasteiger partial charge in [0.15, 0.2) is 0 Å². The number of carbonyl (C=O) groups is 3. The molecule has 8 heteroatoms. The van der Waals surface area contributed by atoms with Gasteiger partial charge in [-0.15, -0.1) is 0 Å². The SMILES string of the molecule is CC(C)[C@H]1NC(=O)[C@@H]2C[C@H](NC(=O)c3cc(F)cc(F)c3)CN2C1=O. The number of halogens is 2. The maximum atomic E-state index is 13.2. The van der Waals surface area contributed by atoms with Crippen molar-refractivity contribution in [1.29, 1.82) is 0 Å². The molecule has 3 rings (SSSR count). The molecule has 3 atom stereocenters. The molecule has 6 nitrogen and oxygen atoms in total. The van der Waals surface area contributed by atoms with Crippen molar-refractivity contribution >= 4 is 17.7 Å². The molecule has 1 aromatic rings. The highest BCUT2D eigenvalue weighted by Crippen LogP contribution is 2.25. The molecule has 0 unspecified atom stereocenters. The Labute approximate surface area is 143 Å². The van der Waals surface area contributed by atoms with Gasteiger partial charge >= 0.3 is 0 Å². The summed E-state index contributed by atoms with van der Waals surface area (Å²) in [6.45, 7) is 3.89. The third-order valence-corrected chi connectivity index (χ3v) is 4.58. The van der Waals surface area contributed by atoms with Gasteiger partial charge in [-0.05, 0) is 24.5 Å². The number of rotatable bonds is 3. The molecule has 0 radical (unpaired) electrons. The van der Waals surface area contributed by atoms with E-state index >= 15 is 0 Å². The largest absolute Gasteiger partial charge is 0.347 e. The first-order valence-electron chi connectivity index (χ1n) is 8.14. The van der Waals surface area contributed by atoms with Gasteiger partial charge in [-0.25, -0.2) is 8.78 Å². The van der Waals surface area contributed by atoms with Gasteiger partial charge in [-0.1, -0.05) is 13.8 Å². The van der Waals surface area contributed by atoms with Gasteiger partial charge < -0.3 is 15.5 Å². The lowest BCUT2D eigenvalue weighted by molar-refractivity contribution is -0.148. The summed E-state index contributed by atoms with van der Waals surface area (Å²) < 4.78 is 26.5. The smallest absolute Gasteiger partial charge is 0.251 e.